The number of carbonyl (C=O) groups is 1. The molecule has 0 aliphatic carbocycles. The van der Waals surface area contributed by atoms with Crippen molar-refractivity contribution in [3.63, 3.8) is 0 Å². The van der Waals surface area contributed by atoms with Crippen molar-refractivity contribution in [3.05, 3.63) is 58.4 Å². The van der Waals surface area contributed by atoms with Gasteiger partial charge in [-0.1, -0.05) is 41.2 Å². The molecule has 3 aromatic rings. The Balaban J connectivity index is 1.89. The predicted molar refractivity (Wildman–Crippen MR) is 78.6 cm³/mol. The lowest BCUT2D eigenvalue weighted by atomic mass is 10.1. The summed E-state index contributed by atoms with van der Waals surface area (Å²) in [6, 6.07) is 8.34. The largest absolute Gasteiger partial charge is 0.477 e. The Labute approximate surface area is 120 Å². The summed E-state index contributed by atoms with van der Waals surface area (Å²) in [5.74, 6) is -0.876. The molecule has 0 amide bonds. The van der Waals surface area contributed by atoms with Crippen molar-refractivity contribution >= 4 is 22.3 Å². The third-order valence-corrected chi connectivity index (χ3v) is 4.42. The van der Waals surface area contributed by atoms with Crippen LogP contribution in [-0.4, -0.2) is 20.5 Å². The number of imidazole rings is 1. The van der Waals surface area contributed by atoms with Crippen molar-refractivity contribution in [1.82, 2.24) is 9.38 Å². The van der Waals surface area contributed by atoms with Crippen molar-refractivity contribution in [3.8, 4) is 0 Å². The molecule has 1 aromatic carbocycles. The van der Waals surface area contributed by atoms with Gasteiger partial charge in [-0.3, -0.25) is 4.40 Å². The molecule has 102 valence electrons. The lowest BCUT2D eigenvalue weighted by molar-refractivity contribution is 0.0700. The van der Waals surface area contributed by atoms with Crippen LogP contribution < -0.4 is 0 Å². The zero-order chi connectivity index (χ0) is 14.1. The lowest BCUT2D eigenvalue weighted by Gasteiger charge is -2.03. The highest BCUT2D eigenvalue weighted by Crippen LogP contribution is 2.24. The molecular weight excluding hydrogens is 272 g/mol. The van der Waals surface area contributed by atoms with E-state index in [-0.39, 0.29) is 0 Å². The molecule has 2 aromatic heterocycles. The van der Waals surface area contributed by atoms with E-state index in [1.165, 1.54) is 22.5 Å². The van der Waals surface area contributed by atoms with Gasteiger partial charge in [0.1, 0.15) is 4.88 Å². The smallest absolute Gasteiger partial charge is 0.347 e. The summed E-state index contributed by atoms with van der Waals surface area (Å²) in [5, 5.41) is 9.29. The maximum absolute atomic E-state index is 11.3. The minimum absolute atomic E-state index is 0.389. The standard InChI is InChI=1S/C15H14N2O2S/c1-10-2-4-11(5-3-10)6-7-12-13(14(18)19)20-15-16-8-9-17(12)15/h2-5,8-9H,6-7H2,1H3,(H,18,19). The first-order valence-corrected chi connectivity index (χ1v) is 7.20. The number of fused-ring (bicyclic) bond motifs is 1. The molecule has 1 N–H and O–H groups in total. The van der Waals surface area contributed by atoms with Gasteiger partial charge >= 0.3 is 5.97 Å². The van der Waals surface area contributed by atoms with E-state index in [0.717, 1.165) is 17.1 Å². The van der Waals surface area contributed by atoms with E-state index < -0.39 is 5.97 Å². The van der Waals surface area contributed by atoms with Gasteiger partial charge in [-0.2, -0.15) is 0 Å². The van der Waals surface area contributed by atoms with Gasteiger partial charge in [-0.25, -0.2) is 9.78 Å². The highest BCUT2D eigenvalue weighted by atomic mass is 32.1. The lowest BCUT2D eigenvalue weighted by Crippen LogP contribution is -2.03. The van der Waals surface area contributed by atoms with Crippen LogP contribution in [0.15, 0.2) is 36.7 Å². The van der Waals surface area contributed by atoms with Crippen LogP contribution in [0.25, 0.3) is 4.96 Å². The van der Waals surface area contributed by atoms with Gasteiger partial charge in [-0.05, 0) is 25.3 Å². The first-order valence-electron chi connectivity index (χ1n) is 6.39. The molecule has 5 heteroatoms. The van der Waals surface area contributed by atoms with Gasteiger partial charge in [0.05, 0.1) is 0 Å². The van der Waals surface area contributed by atoms with Crippen LogP contribution in [0.1, 0.15) is 26.5 Å². The Hall–Kier alpha value is -2.14. The van der Waals surface area contributed by atoms with Gasteiger partial charge in [0.25, 0.3) is 0 Å². The molecule has 20 heavy (non-hydrogen) atoms. The maximum atomic E-state index is 11.3. The van der Waals surface area contributed by atoms with Gasteiger partial charge in [0.2, 0.25) is 0 Å². The second kappa shape index (κ2) is 5.09. The summed E-state index contributed by atoms with van der Waals surface area (Å²) in [5.41, 5.74) is 3.27. The van der Waals surface area contributed by atoms with E-state index in [0.29, 0.717) is 11.3 Å². The second-order valence-electron chi connectivity index (χ2n) is 4.75. The highest BCUT2D eigenvalue weighted by molar-refractivity contribution is 7.18. The number of carboxylic acid groups (broad SMARTS) is 1. The number of carboxylic acids is 1. The molecule has 0 bridgehead atoms. The van der Waals surface area contributed by atoms with Gasteiger partial charge in [0, 0.05) is 18.1 Å². The molecule has 0 spiro atoms. The van der Waals surface area contributed by atoms with Crippen LogP contribution in [0.4, 0.5) is 0 Å². The van der Waals surface area contributed by atoms with Gasteiger partial charge in [-0.15, -0.1) is 0 Å². The average molecular weight is 286 g/mol. The molecule has 0 radical (unpaired) electrons. The molecule has 0 unspecified atom stereocenters. The van der Waals surface area contributed by atoms with Crippen molar-refractivity contribution in [2.24, 2.45) is 0 Å². The van der Waals surface area contributed by atoms with Crippen LogP contribution in [0.2, 0.25) is 0 Å². The quantitative estimate of drug-likeness (QED) is 0.801. The molecule has 3 rings (SSSR count). The summed E-state index contributed by atoms with van der Waals surface area (Å²) in [4.78, 5) is 16.6. The van der Waals surface area contributed by atoms with Crippen LogP contribution in [0.5, 0.6) is 0 Å². The number of aromatic carboxylic acids is 1. The van der Waals surface area contributed by atoms with E-state index in [4.69, 9.17) is 0 Å². The molecule has 2 heterocycles. The highest BCUT2D eigenvalue weighted by Gasteiger charge is 2.18. The predicted octanol–water partition coefficient (Wildman–Crippen LogP) is 3.19. The average Bonchev–Trinajstić information content (AvgIpc) is 2.99. The summed E-state index contributed by atoms with van der Waals surface area (Å²) in [6.45, 7) is 2.06. The minimum atomic E-state index is -0.876. The SMILES string of the molecule is Cc1ccc(CCc2c(C(=O)O)sc3nccn23)cc1. The fourth-order valence-electron chi connectivity index (χ4n) is 2.25. The Bertz CT molecular complexity index is 756. The number of hydrogen-bond donors (Lipinski definition) is 1. The Morgan fingerprint density at radius 2 is 2.05 bits per heavy atom. The second-order valence-corrected chi connectivity index (χ2v) is 5.73. The van der Waals surface area contributed by atoms with E-state index in [2.05, 4.69) is 36.2 Å². The molecule has 0 aliphatic heterocycles. The first-order chi connectivity index (χ1) is 9.65. The summed E-state index contributed by atoms with van der Waals surface area (Å²) < 4.78 is 1.88. The van der Waals surface area contributed by atoms with Crippen LogP contribution in [0, 0.1) is 6.92 Å². The zero-order valence-electron chi connectivity index (χ0n) is 11.0. The normalized spacial score (nSPS) is 11.1. The number of rotatable bonds is 4. The van der Waals surface area contributed by atoms with Crippen molar-refractivity contribution in [1.29, 1.82) is 0 Å². The fourth-order valence-corrected chi connectivity index (χ4v) is 3.22. The molecule has 0 aliphatic rings. The van der Waals surface area contributed by atoms with E-state index in [1.807, 2.05) is 10.6 Å². The Kier molecular flexibility index (Phi) is 3.28. The van der Waals surface area contributed by atoms with Crippen molar-refractivity contribution < 1.29 is 9.90 Å². The maximum Gasteiger partial charge on any atom is 0.347 e. The van der Waals surface area contributed by atoms with Crippen LogP contribution in [0.3, 0.4) is 0 Å². The molecule has 0 atom stereocenters. The Morgan fingerprint density at radius 1 is 1.30 bits per heavy atom. The minimum Gasteiger partial charge on any atom is -0.477 e. The number of aryl methyl sites for hydroxylation is 3. The van der Waals surface area contributed by atoms with Gasteiger partial charge in [0.15, 0.2) is 4.96 Å². The van der Waals surface area contributed by atoms with Crippen molar-refractivity contribution in [2.45, 2.75) is 19.8 Å². The number of aromatic nitrogens is 2. The van der Waals surface area contributed by atoms with E-state index >= 15 is 0 Å². The molecule has 0 saturated heterocycles. The topological polar surface area (TPSA) is 54.6 Å². The summed E-state index contributed by atoms with van der Waals surface area (Å²) in [6.07, 6.45) is 5.04. The summed E-state index contributed by atoms with van der Waals surface area (Å²) in [7, 11) is 0. The summed E-state index contributed by atoms with van der Waals surface area (Å²) >= 11 is 1.23. The monoisotopic (exact) mass is 286 g/mol. The number of thiazole rings is 1. The van der Waals surface area contributed by atoms with Crippen LogP contribution in [-0.2, 0) is 12.8 Å². The number of nitrogens with zero attached hydrogens (tertiary/aromatic N) is 2. The first kappa shape index (κ1) is 12.9. The van der Waals surface area contributed by atoms with Crippen molar-refractivity contribution in [2.75, 3.05) is 0 Å². The van der Waals surface area contributed by atoms with Gasteiger partial charge < -0.3 is 5.11 Å². The van der Waals surface area contributed by atoms with Crippen LogP contribution >= 0.6 is 11.3 Å². The third-order valence-electron chi connectivity index (χ3n) is 3.32. The molecular formula is C15H14N2O2S. The Morgan fingerprint density at radius 3 is 2.75 bits per heavy atom. The van der Waals surface area contributed by atoms with E-state index in [9.17, 15) is 9.90 Å². The molecule has 0 saturated carbocycles. The third kappa shape index (κ3) is 2.32. The number of benzene rings is 1. The fraction of sp³-hybridized carbons (Fsp3) is 0.200. The number of hydrogen-bond acceptors (Lipinski definition) is 3. The zero-order valence-corrected chi connectivity index (χ0v) is 11.9. The van der Waals surface area contributed by atoms with E-state index in [1.54, 1.807) is 6.20 Å². The molecule has 4 nitrogen and oxygen atoms in total. The molecule has 0 fully saturated rings.